The first-order valence-electron chi connectivity index (χ1n) is 7.39. The van der Waals surface area contributed by atoms with Crippen molar-refractivity contribution in [3.05, 3.63) is 28.5 Å². The van der Waals surface area contributed by atoms with E-state index in [0.717, 1.165) is 36.9 Å². The number of halogens is 1. The molecule has 1 aromatic heterocycles. The Morgan fingerprint density at radius 2 is 2.14 bits per heavy atom. The maximum Gasteiger partial charge on any atom is 0.410 e. The van der Waals surface area contributed by atoms with Gasteiger partial charge >= 0.3 is 6.09 Å². The van der Waals surface area contributed by atoms with E-state index in [1.165, 1.54) is 0 Å². The van der Waals surface area contributed by atoms with E-state index in [2.05, 4.69) is 4.98 Å². The van der Waals surface area contributed by atoms with Crippen LogP contribution < -0.4 is 0 Å². The predicted molar refractivity (Wildman–Crippen MR) is 83.5 cm³/mol. The fourth-order valence-electron chi connectivity index (χ4n) is 2.58. The highest BCUT2D eigenvalue weighted by molar-refractivity contribution is 6.30. The van der Waals surface area contributed by atoms with Crippen LogP contribution >= 0.6 is 11.6 Å². The molecule has 0 N–H and O–H groups in total. The Labute approximate surface area is 131 Å². The number of amides is 1. The molecule has 1 amide bonds. The van der Waals surface area contributed by atoms with Crippen LogP contribution in [0.15, 0.2) is 12.3 Å². The molecule has 0 radical (unpaired) electrons. The number of aryl methyl sites for hydroxylation is 1. The second kappa shape index (κ2) is 6.22. The number of hydrogen-bond donors (Lipinski definition) is 0. The Morgan fingerprint density at radius 1 is 1.43 bits per heavy atom. The molecule has 2 rings (SSSR count). The zero-order chi connectivity index (χ0) is 15.6. The molecule has 1 fully saturated rings. The van der Waals surface area contributed by atoms with Gasteiger partial charge in [-0.3, -0.25) is 0 Å². The summed E-state index contributed by atoms with van der Waals surface area (Å²) in [6.07, 6.45) is 4.56. The Bertz CT molecular complexity index is 525. The molecule has 0 spiro atoms. The number of piperidine rings is 1. The van der Waals surface area contributed by atoms with Crippen LogP contribution in [0.2, 0.25) is 5.15 Å². The number of carbonyl (C=O) groups excluding carboxylic acids is 1. The van der Waals surface area contributed by atoms with Crippen molar-refractivity contribution >= 4 is 17.7 Å². The normalized spacial score (nSPS) is 19.5. The molecule has 0 bridgehead atoms. The summed E-state index contributed by atoms with van der Waals surface area (Å²) in [7, 11) is 0. The maximum absolute atomic E-state index is 12.4. The summed E-state index contributed by atoms with van der Waals surface area (Å²) in [5, 5.41) is 0.512. The fourth-order valence-corrected chi connectivity index (χ4v) is 2.68. The van der Waals surface area contributed by atoms with Gasteiger partial charge in [0.05, 0.1) is 6.04 Å². The molecular weight excluding hydrogens is 288 g/mol. The highest BCUT2D eigenvalue weighted by Gasteiger charge is 2.31. The van der Waals surface area contributed by atoms with Gasteiger partial charge in [-0.15, -0.1) is 0 Å². The first-order chi connectivity index (χ1) is 9.78. The molecule has 1 saturated heterocycles. The van der Waals surface area contributed by atoms with Crippen LogP contribution in [0.5, 0.6) is 0 Å². The van der Waals surface area contributed by atoms with E-state index >= 15 is 0 Å². The van der Waals surface area contributed by atoms with Crippen molar-refractivity contribution in [2.75, 3.05) is 6.54 Å². The van der Waals surface area contributed by atoms with Crippen LogP contribution in [-0.2, 0) is 4.74 Å². The van der Waals surface area contributed by atoms with Crippen molar-refractivity contribution in [3.63, 3.8) is 0 Å². The summed E-state index contributed by atoms with van der Waals surface area (Å²) in [5.41, 5.74) is 1.49. The summed E-state index contributed by atoms with van der Waals surface area (Å²) in [6, 6.07) is 2.04. The zero-order valence-corrected chi connectivity index (χ0v) is 13.9. The summed E-state index contributed by atoms with van der Waals surface area (Å²) in [6.45, 7) is 8.31. The van der Waals surface area contributed by atoms with Gasteiger partial charge in [0.2, 0.25) is 0 Å². The lowest BCUT2D eigenvalue weighted by molar-refractivity contribution is 0.00947. The minimum atomic E-state index is -0.479. The van der Waals surface area contributed by atoms with Gasteiger partial charge in [0, 0.05) is 12.7 Å². The van der Waals surface area contributed by atoms with E-state index in [4.69, 9.17) is 16.3 Å². The van der Waals surface area contributed by atoms with Crippen molar-refractivity contribution in [3.8, 4) is 0 Å². The molecule has 0 aromatic carbocycles. The summed E-state index contributed by atoms with van der Waals surface area (Å²) < 4.78 is 5.52. The molecule has 5 heteroatoms. The van der Waals surface area contributed by atoms with Gasteiger partial charge in [0.15, 0.2) is 0 Å². The van der Waals surface area contributed by atoms with Gasteiger partial charge < -0.3 is 9.64 Å². The van der Waals surface area contributed by atoms with Crippen molar-refractivity contribution < 1.29 is 9.53 Å². The van der Waals surface area contributed by atoms with Crippen LogP contribution in [0, 0.1) is 6.92 Å². The molecule has 2 heterocycles. The molecular formula is C16H23ClN2O2. The summed E-state index contributed by atoms with van der Waals surface area (Å²) in [5.74, 6) is 0. The lowest BCUT2D eigenvalue weighted by Gasteiger charge is -2.37. The molecule has 0 saturated carbocycles. The third-order valence-corrected chi connectivity index (χ3v) is 3.95. The van der Waals surface area contributed by atoms with Crippen LogP contribution in [0.25, 0.3) is 0 Å². The topological polar surface area (TPSA) is 42.4 Å². The average molecular weight is 311 g/mol. The number of rotatable bonds is 1. The summed E-state index contributed by atoms with van der Waals surface area (Å²) >= 11 is 5.99. The Balaban J connectivity index is 2.22. The molecule has 1 aliphatic heterocycles. The SMILES string of the molecule is Cc1cc(C2CCCCN2C(=O)OC(C)(C)C)cnc1Cl. The van der Waals surface area contributed by atoms with Crippen LogP contribution in [0.4, 0.5) is 4.79 Å². The standard InChI is InChI=1S/C16H23ClN2O2/c1-11-9-12(10-18-14(11)17)13-7-5-6-8-19(13)15(20)21-16(2,3)4/h9-10,13H,5-8H2,1-4H3. The van der Waals surface area contributed by atoms with Crippen molar-refractivity contribution in [2.45, 2.75) is 58.6 Å². The van der Waals surface area contributed by atoms with E-state index in [1.807, 2.05) is 38.7 Å². The molecule has 116 valence electrons. The molecule has 1 unspecified atom stereocenters. The third kappa shape index (κ3) is 4.10. The first kappa shape index (κ1) is 16.1. The van der Waals surface area contributed by atoms with Gasteiger partial charge in [0.25, 0.3) is 0 Å². The smallest absolute Gasteiger partial charge is 0.410 e. The second-order valence-corrected chi connectivity index (χ2v) is 6.92. The minimum Gasteiger partial charge on any atom is -0.444 e. The monoisotopic (exact) mass is 310 g/mol. The minimum absolute atomic E-state index is 0.0251. The number of aromatic nitrogens is 1. The lowest BCUT2D eigenvalue weighted by Crippen LogP contribution is -2.41. The van der Waals surface area contributed by atoms with Gasteiger partial charge in [-0.05, 0) is 64.2 Å². The van der Waals surface area contributed by atoms with Gasteiger partial charge in [-0.25, -0.2) is 9.78 Å². The van der Waals surface area contributed by atoms with Gasteiger partial charge in [-0.2, -0.15) is 0 Å². The largest absolute Gasteiger partial charge is 0.444 e. The number of likely N-dealkylation sites (tertiary alicyclic amines) is 1. The molecule has 0 aliphatic carbocycles. The van der Waals surface area contributed by atoms with Crippen molar-refractivity contribution in [1.82, 2.24) is 9.88 Å². The number of ether oxygens (including phenoxy) is 1. The van der Waals surface area contributed by atoms with E-state index < -0.39 is 5.60 Å². The number of nitrogens with zero attached hydrogens (tertiary/aromatic N) is 2. The van der Waals surface area contributed by atoms with E-state index in [9.17, 15) is 4.79 Å². The highest BCUT2D eigenvalue weighted by Crippen LogP contribution is 2.32. The van der Waals surface area contributed by atoms with Crippen molar-refractivity contribution in [1.29, 1.82) is 0 Å². The Morgan fingerprint density at radius 3 is 2.76 bits per heavy atom. The zero-order valence-electron chi connectivity index (χ0n) is 13.1. The van der Waals surface area contributed by atoms with Gasteiger partial charge in [0.1, 0.15) is 10.8 Å². The first-order valence-corrected chi connectivity index (χ1v) is 7.77. The highest BCUT2D eigenvalue weighted by atomic mass is 35.5. The molecule has 1 aromatic rings. The second-order valence-electron chi connectivity index (χ2n) is 6.56. The number of pyridine rings is 1. The number of carbonyl (C=O) groups is 1. The van der Waals surface area contributed by atoms with Crippen molar-refractivity contribution in [2.24, 2.45) is 0 Å². The molecule has 1 atom stereocenters. The predicted octanol–water partition coefficient (Wildman–Crippen LogP) is 4.51. The molecule has 21 heavy (non-hydrogen) atoms. The Kier molecular flexibility index (Phi) is 4.77. The number of hydrogen-bond acceptors (Lipinski definition) is 3. The van der Waals surface area contributed by atoms with E-state index in [1.54, 1.807) is 6.20 Å². The van der Waals surface area contributed by atoms with Gasteiger partial charge in [-0.1, -0.05) is 11.6 Å². The molecule has 4 nitrogen and oxygen atoms in total. The Hall–Kier alpha value is -1.29. The lowest BCUT2D eigenvalue weighted by atomic mass is 9.96. The van der Waals surface area contributed by atoms with Crippen LogP contribution in [-0.4, -0.2) is 28.1 Å². The average Bonchev–Trinajstić information content (AvgIpc) is 2.40. The molecule has 1 aliphatic rings. The summed E-state index contributed by atoms with van der Waals surface area (Å²) in [4.78, 5) is 18.4. The van der Waals surface area contributed by atoms with E-state index in [-0.39, 0.29) is 12.1 Å². The fraction of sp³-hybridized carbons (Fsp3) is 0.625. The van der Waals surface area contributed by atoms with Crippen LogP contribution in [0.1, 0.15) is 57.2 Å². The van der Waals surface area contributed by atoms with E-state index in [0.29, 0.717) is 5.15 Å². The van der Waals surface area contributed by atoms with Crippen LogP contribution in [0.3, 0.4) is 0 Å². The maximum atomic E-state index is 12.4. The quantitative estimate of drug-likeness (QED) is 0.717. The third-order valence-electron chi connectivity index (χ3n) is 3.55.